The first-order valence-corrected chi connectivity index (χ1v) is 4.36. The highest BCUT2D eigenvalue weighted by Gasteiger charge is 2.19. The van der Waals surface area contributed by atoms with E-state index in [1.807, 2.05) is 0 Å². The number of aliphatic hydroxyl groups excluding tert-OH is 1. The predicted octanol–water partition coefficient (Wildman–Crippen LogP) is 2.55. The van der Waals surface area contributed by atoms with Gasteiger partial charge in [0.25, 0.3) is 0 Å². The summed E-state index contributed by atoms with van der Waals surface area (Å²) >= 11 is 5.70. The summed E-state index contributed by atoms with van der Waals surface area (Å²) in [5.74, 6) is -1.56. The highest BCUT2D eigenvalue weighted by molar-refractivity contribution is 6.34. The first kappa shape index (κ1) is 11.5. The van der Waals surface area contributed by atoms with Crippen molar-refractivity contribution in [3.05, 3.63) is 40.9 Å². The zero-order valence-corrected chi connectivity index (χ0v) is 8.58. The van der Waals surface area contributed by atoms with Crippen LogP contribution in [0.15, 0.2) is 24.5 Å². The van der Waals surface area contributed by atoms with E-state index >= 15 is 0 Å². The van der Waals surface area contributed by atoms with E-state index in [9.17, 15) is 9.18 Å². The maximum Gasteiger partial charge on any atom is 0.341 e. The Labute approximate surface area is 90.7 Å². The van der Waals surface area contributed by atoms with Crippen molar-refractivity contribution >= 4 is 23.1 Å². The maximum atomic E-state index is 13.3. The van der Waals surface area contributed by atoms with E-state index in [2.05, 4.69) is 4.74 Å². The summed E-state index contributed by atoms with van der Waals surface area (Å²) in [6, 6.07) is 3.94. The third-order valence-electron chi connectivity index (χ3n) is 1.77. The number of methoxy groups -OCH3 is 1. The molecule has 0 aromatic heterocycles. The van der Waals surface area contributed by atoms with Gasteiger partial charge in [0.05, 0.1) is 18.4 Å². The minimum absolute atomic E-state index is 0.0284. The lowest BCUT2D eigenvalue weighted by Gasteiger charge is -2.07. The summed E-state index contributed by atoms with van der Waals surface area (Å²) in [7, 11) is 1.13. The van der Waals surface area contributed by atoms with Crippen LogP contribution in [0.5, 0.6) is 0 Å². The SMILES string of the molecule is COC(=O)C(=CO)c1c(F)cccc1Cl. The van der Waals surface area contributed by atoms with Crippen molar-refractivity contribution in [3.8, 4) is 0 Å². The molecule has 0 spiro atoms. The van der Waals surface area contributed by atoms with Crippen LogP contribution in [-0.4, -0.2) is 18.2 Å². The molecule has 1 rings (SSSR count). The number of aliphatic hydroxyl groups is 1. The van der Waals surface area contributed by atoms with E-state index in [1.54, 1.807) is 0 Å². The molecule has 0 bridgehead atoms. The van der Waals surface area contributed by atoms with E-state index in [-0.39, 0.29) is 16.2 Å². The van der Waals surface area contributed by atoms with Crippen molar-refractivity contribution < 1.29 is 19.0 Å². The van der Waals surface area contributed by atoms with Crippen molar-refractivity contribution in [1.29, 1.82) is 0 Å². The Bertz CT molecular complexity index is 395. The molecule has 0 amide bonds. The maximum absolute atomic E-state index is 13.3. The second-order valence-electron chi connectivity index (χ2n) is 2.63. The van der Waals surface area contributed by atoms with Gasteiger partial charge in [-0.15, -0.1) is 0 Å². The lowest BCUT2D eigenvalue weighted by molar-refractivity contribution is -0.133. The third kappa shape index (κ3) is 2.27. The molecule has 0 fully saturated rings. The molecule has 0 atom stereocenters. The number of ether oxygens (including phenoxy) is 1. The van der Waals surface area contributed by atoms with Crippen molar-refractivity contribution in [2.75, 3.05) is 7.11 Å². The summed E-state index contributed by atoms with van der Waals surface area (Å²) in [6.45, 7) is 0. The smallest absolute Gasteiger partial charge is 0.341 e. The van der Waals surface area contributed by atoms with Crippen LogP contribution in [0.3, 0.4) is 0 Å². The Morgan fingerprint density at radius 1 is 1.60 bits per heavy atom. The van der Waals surface area contributed by atoms with E-state index in [0.717, 1.165) is 13.2 Å². The zero-order valence-electron chi connectivity index (χ0n) is 7.83. The largest absolute Gasteiger partial charge is 0.515 e. The summed E-state index contributed by atoms with van der Waals surface area (Å²) in [5.41, 5.74) is -0.492. The lowest BCUT2D eigenvalue weighted by atomic mass is 10.1. The highest BCUT2D eigenvalue weighted by Crippen LogP contribution is 2.27. The fraction of sp³-hybridized carbons (Fsp3) is 0.100. The second-order valence-corrected chi connectivity index (χ2v) is 3.04. The first-order valence-electron chi connectivity index (χ1n) is 3.99. The van der Waals surface area contributed by atoms with E-state index in [1.165, 1.54) is 12.1 Å². The van der Waals surface area contributed by atoms with Gasteiger partial charge in [-0.2, -0.15) is 0 Å². The molecular formula is C10H8ClFO3. The van der Waals surface area contributed by atoms with Crippen molar-refractivity contribution in [3.63, 3.8) is 0 Å². The van der Waals surface area contributed by atoms with Crippen LogP contribution in [-0.2, 0) is 9.53 Å². The number of hydrogen-bond donors (Lipinski definition) is 1. The number of carbonyl (C=O) groups excluding carboxylic acids is 1. The molecule has 80 valence electrons. The van der Waals surface area contributed by atoms with Crippen LogP contribution in [0, 0.1) is 5.82 Å². The molecule has 0 saturated carbocycles. The van der Waals surface area contributed by atoms with Crippen molar-refractivity contribution in [1.82, 2.24) is 0 Å². The minimum Gasteiger partial charge on any atom is -0.515 e. The molecule has 15 heavy (non-hydrogen) atoms. The molecule has 5 heteroatoms. The quantitative estimate of drug-likeness (QED) is 0.483. The van der Waals surface area contributed by atoms with E-state index in [4.69, 9.17) is 16.7 Å². The fourth-order valence-electron chi connectivity index (χ4n) is 1.08. The summed E-state index contributed by atoms with van der Waals surface area (Å²) in [6.07, 6.45) is 0.468. The highest BCUT2D eigenvalue weighted by atomic mass is 35.5. The number of esters is 1. The van der Waals surface area contributed by atoms with Crippen LogP contribution >= 0.6 is 11.6 Å². The molecule has 1 aromatic carbocycles. The fourth-order valence-corrected chi connectivity index (χ4v) is 1.35. The summed E-state index contributed by atoms with van der Waals surface area (Å²) in [4.78, 5) is 11.2. The Balaban J connectivity index is 3.31. The van der Waals surface area contributed by atoms with Gasteiger partial charge in [0.15, 0.2) is 0 Å². The zero-order chi connectivity index (χ0) is 11.4. The van der Waals surface area contributed by atoms with Gasteiger partial charge in [0.1, 0.15) is 11.4 Å². The molecule has 0 saturated heterocycles. The average Bonchev–Trinajstić information content (AvgIpc) is 2.22. The van der Waals surface area contributed by atoms with Crippen LogP contribution in [0.4, 0.5) is 4.39 Å². The topological polar surface area (TPSA) is 46.5 Å². The van der Waals surface area contributed by atoms with Crippen LogP contribution in [0.25, 0.3) is 5.57 Å². The molecular weight excluding hydrogens is 223 g/mol. The molecule has 0 aliphatic rings. The molecule has 0 heterocycles. The molecule has 0 aliphatic carbocycles. The van der Waals surface area contributed by atoms with Gasteiger partial charge in [0, 0.05) is 5.56 Å². The minimum atomic E-state index is -0.857. The van der Waals surface area contributed by atoms with Crippen LogP contribution in [0.1, 0.15) is 5.56 Å². The Morgan fingerprint density at radius 2 is 2.27 bits per heavy atom. The van der Waals surface area contributed by atoms with Crippen molar-refractivity contribution in [2.45, 2.75) is 0 Å². The molecule has 3 nitrogen and oxygen atoms in total. The Kier molecular flexibility index (Phi) is 3.68. The number of hydrogen-bond acceptors (Lipinski definition) is 3. The van der Waals surface area contributed by atoms with Crippen LogP contribution < -0.4 is 0 Å². The van der Waals surface area contributed by atoms with Gasteiger partial charge in [-0.3, -0.25) is 0 Å². The molecule has 0 unspecified atom stereocenters. The Hall–Kier alpha value is -1.55. The first-order chi connectivity index (χ1) is 7.11. The number of benzene rings is 1. The number of carbonyl (C=O) groups is 1. The monoisotopic (exact) mass is 230 g/mol. The predicted molar refractivity (Wildman–Crippen MR) is 54.0 cm³/mol. The van der Waals surface area contributed by atoms with Gasteiger partial charge < -0.3 is 9.84 Å². The van der Waals surface area contributed by atoms with Gasteiger partial charge in [-0.05, 0) is 12.1 Å². The standard InChI is InChI=1S/C10H8ClFO3/c1-15-10(14)6(5-13)9-7(11)3-2-4-8(9)12/h2-5,13H,1H3. The van der Waals surface area contributed by atoms with Crippen molar-refractivity contribution in [2.24, 2.45) is 0 Å². The molecule has 0 aliphatic heterocycles. The molecule has 1 N–H and O–H groups in total. The number of halogens is 2. The third-order valence-corrected chi connectivity index (χ3v) is 2.08. The van der Waals surface area contributed by atoms with E-state index in [0.29, 0.717) is 6.26 Å². The molecule has 0 radical (unpaired) electrons. The van der Waals surface area contributed by atoms with Gasteiger partial charge in [0.2, 0.25) is 0 Å². The lowest BCUT2D eigenvalue weighted by Crippen LogP contribution is -2.06. The Morgan fingerprint density at radius 3 is 2.73 bits per heavy atom. The number of rotatable bonds is 2. The summed E-state index contributed by atoms with van der Waals surface area (Å²) in [5, 5.41) is 8.87. The molecule has 1 aromatic rings. The second kappa shape index (κ2) is 4.79. The normalized spacial score (nSPS) is 11.3. The van der Waals surface area contributed by atoms with Gasteiger partial charge >= 0.3 is 5.97 Å². The van der Waals surface area contributed by atoms with Gasteiger partial charge in [-0.25, -0.2) is 9.18 Å². The van der Waals surface area contributed by atoms with Gasteiger partial charge in [-0.1, -0.05) is 17.7 Å². The van der Waals surface area contributed by atoms with E-state index < -0.39 is 11.8 Å². The average molecular weight is 231 g/mol. The summed E-state index contributed by atoms with van der Waals surface area (Å²) < 4.78 is 17.7. The van der Waals surface area contributed by atoms with Crippen LogP contribution in [0.2, 0.25) is 5.02 Å².